The number of amides is 1. The van der Waals surface area contributed by atoms with Crippen molar-refractivity contribution >= 4 is 28.3 Å². The van der Waals surface area contributed by atoms with Gasteiger partial charge in [-0.3, -0.25) is 9.59 Å². The summed E-state index contributed by atoms with van der Waals surface area (Å²) in [5.41, 5.74) is 0.0640. The van der Waals surface area contributed by atoms with Gasteiger partial charge < -0.3 is 14.8 Å². The summed E-state index contributed by atoms with van der Waals surface area (Å²) in [4.78, 5) is 27.0. The number of rotatable bonds is 6. The monoisotopic (exact) mass is 286 g/mol. The molecule has 1 aromatic heterocycles. The molecule has 1 rings (SSSR count). The SMILES string of the molecule is COC(=O)Cc1csc(NC(=O)CC(C)(C)OC)n1. The van der Waals surface area contributed by atoms with Gasteiger partial charge in [0, 0.05) is 12.5 Å². The van der Waals surface area contributed by atoms with Gasteiger partial charge in [-0.1, -0.05) is 0 Å². The minimum Gasteiger partial charge on any atom is -0.469 e. The highest BCUT2D eigenvalue weighted by Gasteiger charge is 2.21. The third-order valence-corrected chi connectivity index (χ3v) is 3.30. The van der Waals surface area contributed by atoms with Crippen LogP contribution in [0.1, 0.15) is 26.0 Å². The summed E-state index contributed by atoms with van der Waals surface area (Å²) < 4.78 is 9.73. The zero-order valence-corrected chi connectivity index (χ0v) is 12.3. The van der Waals surface area contributed by atoms with Crippen molar-refractivity contribution in [3.8, 4) is 0 Å². The highest BCUT2D eigenvalue weighted by atomic mass is 32.1. The summed E-state index contributed by atoms with van der Waals surface area (Å²) in [6, 6.07) is 0. The number of hydrogen-bond donors (Lipinski definition) is 1. The number of esters is 1. The zero-order chi connectivity index (χ0) is 14.5. The van der Waals surface area contributed by atoms with Crippen molar-refractivity contribution in [3.05, 3.63) is 11.1 Å². The molecule has 7 heteroatoms. The Bertz CT molecular complexity index is 456. The minimum atomic E-state index is -0.518. The Labute approximate surface area is 116 Å². The molecule has 0 aliphatic rings. The zero-order valence-electron chi connectivity index (χ0n) is 11.5. The van der Waals surface area contributed by atoms with Crippen LogP contribution in [0.4, 0.5) is 5.13 Å². The van der Waals surface area contributed by atoms with Gasteiger partial charge in [-0.2, -0.15) is 0 Å². The quantitative estimate of drug-likeness (QED) is 0.804. The van der Waals surface area contributed by atoms with Gasteiger partial charge in [-0.25, -0.2) is 4.98 Å². The molecule has 1 aromatic rings. The Morgan fingerprint density at radius 3 is 2.68 bits per heavy atom. The molecule has 19 heavy (non-hydrogen) atoms. The van der Waals surface area contributed by atoms with Crippen LogP contribution in [-0.4, -0.2) is 36.7 Å². The van der Waals surface area contributed by atoms with Gasteiger partial charge >= 0.3 is 5.97 Å². The molecular weight excluding hydrogens is 268 g/mol. The van der Waals surface area contributed by atoms with Crippen LogP contribution in [0.2, 0.25) is 0 Å². The summed E-state index contributed by atoms with van der Waals surface area (Å²) >= 11 is 1.27. The van der Waals surface area contributed by atoms with Gasteiger partial charge in [0.05, 0.1) is 31.2 Å². The lowest BCUT2D eigenvalue weighted by Crippen LogP contribution is -2.29. The summed E-state index contributed by atoms with van der Waals surface area (Å²) in [5, 5.41) is 4.86. The Balaban J connectivity index is 2.54. The van der Waals surface area contributed by atoms with Crippen molar-refractivity contribution in [3.63, 3.8) is 0 Å². The van der Waals surface area contributed by atoms with Crippen molar-refractivity contribution in [1.29, 1.82) is 0 Å². The van der Waals surface area contributed by atoms with E-state index in [1.54, 1.807) is 12.5 Å². The molecule has 106 valence electrons. The normalized spacial score (nSPS) is 11.2. The van der Waals surface area contributed by atoms with Gasteiger partial charge in [-0.15, -0.1) is 11.3 Å². The van der Waals surface area contributed by atoms with E-state index in [1.165, 1.54) is 18.4 Å². The molecule has 0 bridgehead atoms. The van der Waals surface area contributed by atoms with Crippen LogP contribution < -0.4 is 5.32 Å². The van der Waals surface area contributed by atoms with Crippen LogP contribution >= 0.6 is 11.3 Å². The second-order valence-corrected chi connectivity index (χ2v) is 5.44. The number of thiazole rings is 1. The van der Waals surface area contributed by atoms with E-state index in [2.05, 4.69) is 15.0 Å². The molecule has 0 saturated heterocycles. The third kappa shape index (κ3) is 5.35. The molecule has 1 heterocycles. The van der Waals surface area contributed by atoms with Crippen molar-refractivity contribution < 1.29 is 19.1 Å². The molecule has 0 saturated carbocycles. The van der Waals surface area contributed by atoms with Crippen LogP contribution in [0.25, 0.3) is 0 Å². The van der Waals surface area contributed by atoms with Gasteiger partial charge in [0.15, 0.2) is 5.13 Å². The second-order valence-electron chi connectivity index (χ2n) is 4.59. The summed E-state index contributed by atoms with van der Waals surface area (Å²) in [5.74, 6) is -0.533. The lowest BCUT2D eigenvalue weighted by molar-refractivity contribution is -0.139. The maximum atomic E-state index is 11.8. The Hall–Kier alpha value is -1.47. The summed E-state index contributed by atoms with van der Waals surface area (Å²) in [6.45, 7) is 3.66. The highest BCUT2D eigenvalue weighted by Crippen LogP contribution is 2.18. The number of carbonyl (C=O) groups excluding carboxylic acids is 2. The van der Waals surface area contributed by atoms with Crippen LogP contribution in [0.15, 0.2) is 5.38 Å². The molecular formula is C12H18N2O4S. The largest absolute Gasteiger partial charge is 0.469 e. The fourth-order valence-electron chi connectivity index (χ4n) is 1.29. The van der Waals surface area contributed by atoms with Crippen molar-refractivity contribution in [2.75, 3.05) is 19.5 Å². The number of nitrogens with zero attached hydrogens (tertiary/aromatic N) is 1. The number of ether oxygens (including phenoxy) is 2. The fourth-order valence-corrected chi connectivity index (χ4v) is 2.01. The topological polar surface area (TPSA) is 77.5 Å². The third-order valence-electron chi connectivity index (χ3n) is 2.49. The first-order valence-corrected chi connectivity index (χ1v) is 6.60. The van der Waals surface area contributed by atoms with E-state index in [0.717, 1.165) is 0 Å². The van der Waals surface area contributed by atoms with Gasteiger partial charge in [-0.05, 0) is 13.8 Å². The van der Waals surface area contributed by atoms with Gasteiger partial charge in [0.25, 0.3) is 0 Å². The first-order chi connectivity index (χ1) is 8.86. The molecule has 0 unspecified atom stereocenters. The maximum absolute atomic E-state index is 11.8. The lowest BCUT2D eigenvalue weighted by Gasteiger charge is -2.21. The molecule has 6 nitrogen and oxygen atoms in total. The summed E-state index contributed by atoms with van der Waals surface area (Å²) in [6.07, 6.45) is 0.335. The first-order valence-electron chi connectivity index (χ1n) is 5.72. The summed E-state index contributed by atoms with van der Waals surface area (Å²) in [7, 11) is 2.88. The molecule has 0 aliphatic heterocycles. The van der Waals surface area contributed by atoms with Crippen LogP contribution in [-0.2, 0) is 25.5 Å². The smallest absolute Gasteiger partial charge is 0.311 e. The average molecular weight is 286 g/mol. The Morgan fingerprint density at radius 1 is 1.42 bits per heavy atom. The predicted molar refractivity (Wildman–Crippen MR) is 72.2 cm³/mol. The van der Waals surface area contributed by atoms with E-state index in [1.807, 2.05) is 13.8 Å². The number of carbonyl (C=O) groups is 2. The second kappa shape index (κ2) is 6.63. The molecule has 0 radical (unpaired) electrons. The van der Waals surface area contributed by atoms with Crippen LogP contribution in [0.3, 0.4) is 0 Å². The minimum absolute atomic E-state index is 0.104. The maximum Gasteiger partial charge on any atom is 0.311 e. The van der Waals surface area contributed by atoms with Crippen LogP contribution in [0, 0.1) is 0 Å². The Kier molecular flexibility index (Phi) is 5.44. The molecule has 0 aromatic carbocycles. The van der Waals surface area contributed by atoms with E-state index in [9.17, 15) is 9.59 Å². The van der Waals surface area contributed by atoms with E-state index in [-0.39, 0.29) is 24.7 Å². The lowest BCUT2D eigenvalue weighted by atomic mass is 10.1. The Morgan fingerprint density at radius 2 is 2.11 bits per heavy atom. The number of nitrogens with one attached hydrogen (secondary N) is 1. The number of anilines is 1. The number of aromatic nitrogens is 1. The van der Waals surface area contributed by atoms with Crippen molar-refractivity contribution in [1.82, 2.24) is 4.98 Å². The number of hydrogen-bond acceptors (Lipinski definition) is 6. The number of methoxy groups -OCH3 is 2. The van der Waals surface area contributed by atoms with Crippen molar-refractivity contribution in [2.24, 2.45) is 0 Å². The average Bonchev–Trinajstić information content (AvgIpc) is 2.75. The molecule has 0 fully saturated rings. The molecule has 1 N–H and O–H groups in total. The molecule has 1 amide bonds. The predicted octanol–water partition coefficient (Wildman–Crippen LogP) is 1.61. The van der Waals surface area contributed by atoms with E-state index >= 15 is 0 Å². The van der Waals surface area contributed by atoms with E-state index < -0.39 is 5.60 Å². The van der Waals surface area contributed by atoms with Gasteiger partial charge in [0.1, 0.15) is 0 Å². The van der Waals surface area contributed by atoms with E-state index in [4.69, 9.17) is 4.74 Å². The molecule has 0 atom stereocenters. The standard InChI is InChI=1S/C12H18N2O4S/c1-12(2,18-4)6-9(15)14-11-13-8(7-19-11)5-10(16)17-3/h7H,5-6H2,1-4H3,(H,13,14,15). The molecule has 0 aliphatic carbocycles. The van der Waals surface area contributed by atoms with Crippen molar-refractivity contribution in [2.45, 2.75) is 32.3 Å². The fraction of sp³-hybridized carbons (Fsp3) is 0.583. The first kappa shape index (κ1) is 15.6. The van der Waals surface area contributed by atoms with E-state index in [0.29, 0.717) is 10.8 Å². The van der Waals surface area contributed by atoms with Crippen LogP contribution in [0.5, 0.6) is 0 Å². The highest BCUT2D eigenvalue weighted by molar-refractivity contribution is 7.13. The van der Waals surface area contributed by atoms with Gasteiger partial charge in [0.2, 0.25) is 5.91 Å². The molecule has 0 spiro atoms.